The molecule has 0 saturated carbocycles. The molecular formula is C11H18Cl2N4. The maximum atomic E-state index is 5.69. The minimum absolute atomic E-state index is 0.113. The van der Waals surface area contributed by atoms with E-state index in [0.29, 0.717) is 12.0 Å². The van der Waals surface area contributed by atoms with Gasteiger partial charge in [0.1, 0.15) is 0 Å². The lowest BCUT2D eigenvalue weighted by atomic mass is 10.0. The molecule has 1 heterocycles. The number of rotatable bonds is 6. The zero-order valence-electron chi connectivity index (χ0n) is 10.4. The first-order chi connectivity index (χ1) is 7.97. The molecule has 0 fully saturated rings. The van der Waals surface area contributed by atoms with Crippen molar-refractivity contribution in [3.05, 3.63) is 10.6 Å². The van der Waals surface area contributed by atoms with Crippen LogP contribution in [0, 0.1) is 5.92 Å². The van der Waals surface area contributed by atoms with Gasteiger partial charge in [0.2, 0.25) is 16.5 Å². The number of hydrogen-bond donors (Lipinski definition) is 1. The second-order valence-corrected chi connectivity index (χ2v) is 5.24. The summed E-state index contributed by atoms with van der Waals surface area (Å²) >= 11 is 11.4. The van der Waals surface area contributed by atoms with Gasteiger partial charge in [-0.3, -0.25) is 0 Å². The summed E-state index contributed by atoms with van der Waals surface area (Å²) < 4.78 is 0. The van der Waals surface area contributed by atoms with Crippen LogP contribution in [-0.4, -0.2) is 21.0 Å². The van der Waals surface area contributed by atoms with Crippen LogP contribution in [-0.2, 0) is 0 Å². The first-order valence-corrected chi connectivity index (χ1v) is 6.56. The molecule has 1 aromatic rings. The average molecular weight is 277 g/mol. The molecule has 6 heteroatoms. The monoisotopic (exact) mass is 276 g/mol. The van der Waals surface area contributed by atoms with Crippen molar-refractivity contribution in [2.24, 2.45) is 5.92 Å². The lowest BCUT2D eigenvalue weighted by Crippen LogP contribution is -2.17. The molecule has 0 radical (unpaired) electrons. The molecule has 0 spiro atoms. The fourth-order valence-electron chi connectivity index (χ4n) is 1.52. The molecule has 1 aromatic heterocycles. The van der Waals surface area contributed by atoms with Crippen molar-refractivity contribution in [3.63, 3.8) is 0 Å². The Morgan fingerprint density at radius 3 is 2.12 bits per heavy atom. The minimum atomic E-state index is 0.113. The molecule has 1 unspecified atom stereocenters. The van der Waals surface area contributed by atoms with E-state index in [2.05, 4.69) is 41.0 Å². The van der Waals surface area contributed by atoms with Crippen molar-refractivity contribution >= 4 is 29.2 Å². The van der Waals surface area contributed by atoms with Gasteiger partial charge in [0.25, 0.3) is 0 Å². The lowest BCUT2D eigenvalue weighted by molar-refractivity contribution is 0.519. The number of anilines is 1. The predicted molar refractivity (Wildman–Crippen MR) is 71.6 cm³/mol. The summed E-state index contributed by atoms with van der Waals surface area (Å²) in [4.78, 5) is 11.6. The van der Waals surface area contributed by atoms with Crippen LogP contribution in [0.5, 0.6) is 0 Å². The average Bonchev–Trinajstić information content (AvgIpc) is 2.14. The largest absolute Gasteiger partial charge is 0.352 e. The van der Waals surface area contributed by atoms with Crippen LogP contribution in [0.1, 0.15) is 40.0 Å². The van der Waals surface area contributed by atoms with Crippen LogP contribution in [0.15, 0.2) is 0 Å². The predicted octanol–water partition coefficient (Wildman–Crippen LogP) is 3.81. The Kier molecular flexibility index (Phi) is 5.92. The number of halogens is 2. The van der Waals surface area contributed by atoms with Gasteiger partial charge in [-0.1, -0.05) is 26.7 Å². The van der Waals surface area contributed by atoms with Crippen LogP contribution in [0.3, 0.4) is 0 Å². The Morgan fingerprint density at radius 2 is 1.59 bits per heavy atom. The molecule has 1 N–H and O–H groups in total. The van der Waals surface area contributed by atoms with Gasteiger partial charge in [-0.15, -0.1) is 0 Å². The summed E-state index contributed by atoms with van der Waals surface area (Å²) in [6.07, 6.45) is 3.47. The number of aromatic nitrogens is 3. The van der Waals surface area contributed by atoms with E-state index >= 15 is 0 Å². The molecule has 96 valence electrons. The normalized spacial score (nSPS) is 12.8. The Labute approximate surface area is 112 Å². The van der Waals surface area contributed by atoms with Crippen molar-refractivity contribution in [2.75, 3.05) is 5.32 Å². The fourth-order valence-corrected chi connectivity index (χ4v) is 1.88. The highest BCUT2D eigenvalue weighted by Gasteiger charge is 2.07. The van der Waals surface area contributed by atoms with E-state index in [-0.39, 0.29) is 10.6 Å². The second-order valence-electron chi connectivity index (χ2n) is 4.57. The number of nitrogens with one attached hydrogen (secondary N) is 1. The molecule has 0 bridgehead atoms. The Morgan fingerprint density at radius 1 is 1.00 bits per heavy atom. The summed E-state index contributed by atoms with van der Waals surface area (Å²) in [5.41, 5.74) is 0. The van der Waals surface area contributed by atoms with Crippen LogP contribution >= 0.6 is 23.2 Å². The molecule has 0 saturated heterocycles. The zero-order chi connectivity index (χ0) is 12.8. The van der Waals surface area contributed by atoms with Gasteiger partial charge >= 0.3 is 0 Å². The molecule has 0 aliphatic carbocycles. The van der Waals surface area contributed by atoms with Gasteiger partial charge in [0, 0.05) is 6.04 Å². The highest BCUT2D eigenvalue weighted by molar-refractivity contribution is 6.31. The third-order valence-electron chi connectivity index (χ3n) is 2.37. The van der Waals surface area contributed by atoms with Gasteiger partial charge in [-0.2, -0.15) is 15.0 Å². The third kappa shape index (κ3) is 6.03. The number of nitrogens with zero attached hydrogens (tertiary/aromatic N) is 3. The van der Waals surface area contributed by atoms with Gasteiger partial charge in [0.05, 0.1) is 0 Å². The first kappa shape index (κ1) is 14.5. The van der Waals surface area contributed by atoms with Crippen molar-refractivity contribution in [1.82, 2.24) is 15.0 Å². The van der Waals surface area contributed by atoms with Crippen molar-refractivity contribution < 1.29 is 0 Å². The third-order valence-corrected chi connectivity index (χ3v) is 2.71. The molecule has 1 rings (SSSR count). The molecule has 0 amide bonds. The van der Waals surface area contributed by atoms with Gasteiger partial charge in [0.15, 0.2) is 0 Å². The van der Waals surface area contributed by atoms with E-state index in [4.69, 9.17) is 23.2 Å². The van der Waals surface area contributed by atoms with E-state index in [9.17, 15) is 0 Å². The van der Waals surface area contributed by atoms with E-state index in [1.54, 1.807) is 0 Å². The van der Waals surface area contributed by atoms with Crippen molar-refractivity contribution in [1.29, 1.82) is 0 Å². The van der Waals surface area contributed by atoms with Crippen molar-refractivity contribution in [2.45, 2.75) is 46.1 Å². The smallest absolute Gasteiger partial charge is 0.228 e. The Balaban J connectivity index is 2.42. The summed E-state index contributed by atoms with van der Waals surface area (Å²) in [6, 6.07) is 0.295. The van der Waals surface area contributed by atoms with E-state index in [1.807, 2.05) is 0 Å². The van der Waals surface area contributed by atoms with Crippen LogP contribution in [0.4, 0.5) is 5.95 Å². The van der Waals surface area contributed by atoms with Crippen LogP contribution in [0.25, 0.3) is 0 Å². The van der Waals surface area contributed by atoms with Gasteiger partial charge < -0.3 is 5.32 Å². The minimum Gasteiger partial charge on any atom is -0.352 e. The number of hydrogen-bond acceptors (Lipinski definition) is 4. The lowest BCUT2D eigenvalue weighted by Gasteiger charge is -2.14. The van der Waals surface area contributed by atoms with E-state index < -0.39 is 0 Å². The molecule has 0 aromatic carbocycles. The topological polar surface area (TPSA) is 50.7 Å². The summed E-state index contributed by atoms with van der Waals surface area (Å²) in [5.74, 6) is 1.18. The highest BCUT2D eigenvalue weighted by atomic mass is 35.5. The second kappa shape index (κ2) is 6.97. The SMILES string of the molecule is CC(C)CCCC(C)Nc1nc(Cl)nc(Cl)n1. The van der Waals surface area contributed by atoms with E-state index in [0.717, 1.165) is 12.3 Å². The maximum absolute atomic E-state index is 5.69. The maximum Gasteiger partial charge on any atom is 0.228 e. The van der Waals surface area contributed by atoms with Crippen LogP contribution in [0.2, 0.25) is 10.6 Å². The first-order valence-electron chi connectivity index (χ1n) is 5.81. The molecule has 17 heavy (non-hydrogen) atoms. The summed E-state index contributed by atoms with van der Waals surface area (Å²) in [7, 11) is 0. The fraction of sp³-hybridized carbons (Fsp3) is 0.727. The molecule has 1 atom stereocenters. The van der Waals surface area contributed by atoms with Crippen molar-refractivity contribution in [3.8, 4) is 0 Å². The highest BCUT2D eigenvalue weighted by Crippen LogP contribution is 2.13. The molecule has 0 aliphatic heterocycles. The standard InChI is InChI=1S/C11H18Cl2N4/c1-7(2)5-4-6-8(3)14-11-16-9(12)15-10(13)17-11/h7-8H,4-6H2,1-3H3,(H,14,15,16,17). The molecule has 4 nitrogen and oxygen atoms in total. The Hall–Kier alpha value is -0.610. The van der Waals surface area contributed by atoms with E-state index in [1.165, 1.54) is 12.8 Å². The summed E-state index contributed by atoms with van der Waals surface area (Å²) in [6.45, 7) is 6.54. The van der Waals surface area contributed by atoms with Gasteiger partial charge in [-0.05, 0) is 42.5 Å². The summed E-state index contributed by atoms with van der Waals surface area (Å²) in [5, 5.41) is 3.39. The molecular weight excluding hydrogens is 259 g/mol. The Bertz CT molecular complexity index is 337. The molecule has 0 aliphatic rings. The quantitative estimate of drug-likeness (QED) is 0.859. The van der Waals surface area contributed by atoms with Crippen LogP contribution < -0.4 is 5.32 Å². The zero-order valence-corrected chi connectivity index (χ0v) is 11.9. The van der Waals surface area contributed by atoms with Gasteiger partial charge in [-0.25, -0.2) is 0 Å².